The van der Waals surface area contributed by atoms with Crippen molar-refractivity contribution in [2.24, 2.45) is 0 Å². The van der Waals surface area contributed by atoms with Crippen LogP contribution in [0.3, 0.4) is 0 Å². The van der Waals surface area contributed by atoms with E-state index >= 15 is 0 Å². The summed E-state index contributed by atoms with van der Waals surface area (Å²) in [4.78, 5) is 11.5. The van der Waals surface area contributed by atoms with E-state index in [4.69, 9.17) is 11.2 Å². The SMILES string of the molecule is CC(=O)/C=C/P(Cl)(c1ccccc1)(c1ccccc1)c1cccc(S(=O)(=O)[O-])c1. The fourth-order valence-electron chi connectivity index (χ4n) is 3.30. The monoisotopic (exact) mass is 445 g/mol. The Bertz CT molecular complexity index is 1140. The molecular formula is C22H19ClO4PS-. The van der Waals surface area contributed by atoms with Crippen LogP contribution in [0.5, 0.6) is 0 Å². The van der Waals surface area contributed by atoms with Crippen LogP contribution < -0.4 is 15.9 Å². The number of hydrogen-bond acceptors (Lipinski definition) is 4. The topological polar surface area (TPSA) is 74.3 Å². The van der Waals surface area contributed by atoms with E-state index in [1.54, 1.807) is 11.9 Å². The van der Waals surface area contributed by atoms with E-state index in [-0.39, 0.29) is 10.7 Å². The fraction of sp³-hybridized carbons (Fsp3) is 0.0455. The molecule has 7 heteroatoms. The van der Waals surface area contributed by atoms with Gasteiger partial charge in [0.05, 0.1) is 0 Å². The van der Waals surface area contributed by atoms with Crippen LogP contribution >= 0.6 is 17.2 Å². The van der Waals surface area contributed by atoms with Crippen molar-refractivity contribution in [3.8, 4) is 0 Å². The summed E-state index contributed by atoms with van der Waals surface area (Å²) in [5.41, 5.74) is 0. The first-order chi connectivity index (χ1) is 13.7. The zero-order valence-electron chi connectivity index (χ0n) is 15.6. The second-order valence-electron chi connectivity index (χ2n) is 6.62. The van der Waals surface area contributed by atoms with Gasteiger partial charge in [0.15, 0.2) is 0 Å². The summed E-state index contributed by atoms with van der Waals surface area (Å²) in [7, 11) is -4.69. The molecule has 0 N–H and O–H groups in total. The molecule has 0 bridgehead atoms. The number of carbonyl (C=O) groups is 1. The first-order valence-corrected chi connectivity index (χ1v) is 13.4. The summed E-state index contributed by atoms with van der Waals surface area (Å²) in [5.74, 6) is -2.46. The van der Waals surface area contributed by atoms with Crippen molar-refractivity contribution >= 4 is 49.0 Å². The van der Waals surface area contributed by atoms with Crippen molar-refractivity contribution in [2.45, 2.75) is 11.8 Å². The Morgan fingerprint density at radius 1 is 0.862 bits per heavy atom. The van der Waals surface area contributed by atoms with Crippen LogP contribution in [0.4, 0.5) is 0 Å². The molecule has 0 aliphatic rings. The van der Waals surface area contributed by atoms with Gasteiger partial charge in [0.25, 0.3) is 0 Å². The Labute approximate surface area is 175 Å². The van der Waals surface area contributed by atoms with Crippen LogP contribution in [-0.4, -0.2) is 18.8 Å². The van der Waals surface area contributed by atoms with Crippen LogP contribution in [-0.2, 0) is 14.9 Å². The molecule has 0 atom stereocenters. The van der Waals surface area contributed by atoms with Crippen molar-refractivity contribution < 1.29 is 17.8 Å². The first kappa shape index (κ1) is 21.4. The van der Waals surface area contributed by atoms with Crippen molar-refractivity contribution in [1.29, 1.82) is 0 Å². The predicted molar refractivity (Wildman–Crippen MR) is 119 cm³/mol. The maximum atomic E-state index is 11.9. The molecule has 0 aliphatic carbocycles. The summed E-state index contributed by atoms with van der Waals surface area (Å²) in [6.07, 6.45) is 1.41. The van der Waals surface area contributed by atoms with Gasteiger partial charge in [0.2, 0.25) is 0 Å². The van der Waals surface area contributed by atoms with Crippen molar-refractivity contribution in [3.63, 3.8) is 0 Å². The van der Waals surface area contributed by atoms with Crippen LogP contribution in [0.25, 0.3) is 0 Å². The number of ketones is 1. The van der Waals surface area contributed by atoms with E-state index < -0.39 is 16.1 Å². The van der Waals surface area contributed by atoms with E-state index in [2.05, 4.69) is 0 Å². The third-order valence-electron chi connectivity index (χ3n) is 4.72. The Morgan fingerprint density at radius 2 is 1.34 bits per heavy atom. The number of carbonyl (C=O) groups excluding carboxylic acids is 1. The van der Waals surface area contributed by atoms with Crippen molar-refractivity contribution in [3.05, 3.63) is 96.8 Å². The number of allylic oxidation sites excluding steroid dienone is 1. The second-order valence-corrected chi connectivity index (χ2v) is 14.1. The molecule has 0 aliphatic heterocycles. The van der Waals surface area contributed by atoms with Crippen molar-refractivity contribution in [2.75, 3.05) is 0 Å². The molecule has 3 aromatic rings. The van der Waals surface area contributed by atoms with E-state index in [1.165, 1.54) is 31.2 Å². The summed E-state index contributed by atoms with van der Waals surface area (Å²) in [6, 6.07) is 24.2. The minimum absolute atomic E-state index is 0.195. The average molecular weight is 446 g/mol. The van der Waals surface area contributed by atoms with Gasteiger partial charge in [-0.15, -0.1) is 0 Å². The molecule has 4 nitrogen and oxygen atoms in total. The van der Waals surface area contributed by atoms with E-state index in [9.17, 15) is 17.8 Å². The normalized spacial score (nSPS) is 13.7. The third-order valence-corrected chi connectivity index (χ3v) is 12.3. The molecule has 0 saturated heterocycles. The van der Waals surface area contributed by atoms with Gasteiger partial charge in [0.1, 0.15) is 0 Å². The van der Waals surface area contributed by atoms with Crippen LogP contribution in [0.2, 0.25) is 0 Å². The summed E-state index contributed by atoms with van der Waals surface area (Å²) < 4.78 is 35.1. The fourth-order valence-corrected chi connectivity index (χ4v) is 9.24. The van der Waals surface area contributed by atoms with Crippen LogP contribution in [0.1, 0.15) is 6.92 Å². The van der Waals surface area contributed by atoms with Crippen molar-refractivity contribution in [1.82, 2.24) is 0 Å². The molecule has 0 saturated carbocycles. The Morgan fingerprint density at radius 3 is 1.79 bits per heavy atom. The number of rotatable bonds is 6. The van der Waals surface area contributed by atoms with E-state index in [0.717, 1.165) is 10.6 Å². The zero-order valence-corrected chi connectivity index (χ0v) is 18.1. The van der Waals surface area contributed by atoms with Gasteiger partial charge in [-0.05, 0) is 0 Å². The van der Waals surface area contributed by atoms with Gasteiger partial charge in [-0.2, -0.15) is 0 Å². The standard InChI is InChI=1S/C22H20ClO4PS/c1-18(24)15-16-28(23,19-9-4-2-5-10-19,20-11-6-3-7-12-20)21-13-8-14-22(17-21)29(25,26)27/h2-17H,1H3,(H,25,26,27)/p-1/b16-15+. The molecule has 0 heterocycles. The summed E-state index contributed by atoms with van der Waals surface area (Å²) >= 11 is 7.63. The molecule has 0 radical (unpaired) electrons. The molecule has 0 aromatic heterocycles. The van der Waals surface area contributed by atoms with Gasteiger partial charge >= 0.3 is 175 Å². The molecular weight excluding hydrogens is 427 g/mol. The molecule has 29 heavy (non-hydrogen) atoms. The summed E-state index contributed by atoms with van der Waals surface area (Å²) in [6.45, 7) is 1.42. The minimum atomic E-state index is -4.69. The molecule has 3 rings (SSSR count). The quantitative estimate of drug-likeness (QED) is 0.329. The van der Waals surface area contributed by atoms with Gasteiger partial charge in [0, 0.05) is 0 Å². The second kappa shape index (κ2) is 7.85. The van der Waals surface area contributed by atoms with Gasteiger partial charge in [-0.25, -0.2) is 0 Å². The van der Waals surface area contributed by atoms with Gasteiger partial charge < -0.3 is 0 Å². The maximum absolute atomic E-state index is 11.9. The van der Waals surface area contributed by atoms with Crippen LogP contribution in [0, 0.1) is 0 Å². The van der Waals surface area contributed by atoms with Crippen LogP contribution in [0.15, 0.2) is 102 Å². The number of benzene rings is 3. The molecule has 150 valence electrons. The molecule has 0 fully saturated rings. The Hall–Kier alpha value is -2.30. The molecule has 0 unspecified atom stereocenters. The Kier molecular flexibility index (Phi) is 5.79. The number of hydrogen-bond donors (Lipinski definition) is 0. The average Bonchev–Trinajstić information content (AvgIpc) is 2.73. The van der Waals surface area contributed by atoms with Gasteiger partial charge in [-0.3, -0.25) is 0 Å². The van der Waals surface area contributed by atoms with E-state index in [1.807, 2.05) is 60.7 Å². The molecule has 0 amide bonds. The third kappa shape index (κ3) is 3.92. The van der Waals surface area contributed by atoms with Gasteiger partial charge in [-0.1, -0.05) is 0 Å². The molecule has 0 spiro atoms. The predicted octanol–water partition coefficient (Wildman–Crippen LogP) is 3.68. The summed E-state index contributed by atoms with van der Waals surface area (Å²) in [5, 5.41) is 1.91. The first-order valence-electron chi connectivity index (χ1n) is 8.77. The number of halogens is 1. The zero-order chi connectivity index (χ0) is 21.1. The Balaban J connectivity index is 2.52. The van der Waals surface area contributed by atoms with E-state index in [0.29, 0.717) is 5.30 Å². The molecule has 3 aromatic carbocycles.